The summed E-state index contributed by atoms with van der Waals surface area (Å²) < 4.78 is 5.51. The highest BCUT2D eigenvalue weighted by molar-refractivity contribution is 4.92. The van der Waals surface area contributed by atoms with Crippen LogP contribution in [0, 0.1) is 5.41 Å². The van der Waals surface area contributed by atoms with E-state index in [1.54, 1.807) is 0 Å². The van der Waals surface area contributed by atoms with Gasteiger partial charge in [0.25, 0.3) is 0 Å². The molecule has 0 saturated heterocycles. The standard InChI is InChI=1S/C11H23NO/c1-6-11(4,9-12-5)7-8-13-10(2)3/h6,10,12H,1,7-9H2,2-5H3. The van der Waals surface area contributed by atoms with Gasteiger partial charge in [-0.15, -0.1) is 6.58 Å². The summed E-state index contributed by atoms with van der Waals surface area (Å²) in [6.07, 6.45) is 3.35. The Bertz CT molecular complexity index is 145. The minimum Gasteiger partial charge on any atom is -0.379 e. The number of hydrogen-bond donors (Lipinski definition) is 1. The maximum Gasteiger partial charge on any atom is 0.0518 e. The van der Waals surface area contributed by atoms with Crippen molar-refractivity contribution in [3.05, 3.63) is 12.7 Å². The van der Waals surface area contributed by atoms with Crippen LogP contribution in [0.1, 0.15) is 27.2 Å². The van der Waals surface area contributed by atoms with Gasteiger partial charge in [0.05, 0.1) is 6.10 Å². The summed E-state index contributed by atoms with van der Waals surface area (Å²) in [5.74, 6) is 0. The molecule has 1 N–H and O–H groups in total. The van der Waals surface area contributed by atoms with Crippen LogP contribution < -0.4 is 5.32 Å². The van der Waals surface area contributed by atoms with E-state index < -0.39 is 0 Å². The van der Waals surface area contributed by atoms with Gasteiger partial charge in [0.1, 0.15) is 0 Å². The second-order valence-electron chi connectivity index (χ2n) is 4.06. The number of hydrogen-bond acceptors (Lipinski definition) is 2. The Morgan fingerprint density at radius 1 is 1.54 bits per heavy atom. The summed E-state index contributed by atoms with van der Waals surface area (Å²) in [5, 5.41) is 3.17. The largest absolute Gasteiger partial charge is 0.379 e. The smallest absolute Gasteiger partial charge is 0.0518 e. The maximum atomic E-state index is 5.51. The van der Waals surface area contributed by atoms with Crippen LogP contribution in [0.15, 0.2) is 12.7 Å². The normalized spacial score (nSPS) is 15.8. The van der Waals surface area contributed by atoms with Gasteiger partial charge in [0.15, 0.2) is 0 Å². The summed E-state index contributed by atoms with van der Waals surface area (Å²) in [5.41, 5.74) is 0.156. The molecule has 0 aromatic carbocycles. The Kier molecular flexibility index (Phi) is 6.00. The molecule has 0 saturated carbocycles. The molecular formula is C11H23NO. The molecule has 0 aliphatic heterocycles. The lowest BCUT2D eigenvalue weighted by atomic mass is 9.87. The first-order valence-corrected chi connectivity index (χ1v) is 4.94. The lowest BCUT2D eigenvalue weighted by molar-refractivity contribution is 0.0620. The molecule has 2 nitrogen and oxygen atoms in total. The zero-order valence-electron chi connectivity index (χ0n) is 9.39. The van der Waals surface area contributed by atoms with Gasteiger partial charge in [0, 0.05) is 13.2 Å². The molecule has 1 atom stereocenters. The predicted octanol–water partition coefficient (Wildman–Crippen LogP) is 2.21. The molecule has 1 unspecified atom stereocenters. The van der Waals surface area contributed by atoms with Crippen molar-refractivity contribution in [2.75, 3.05) is 20.2 Å². The highest BCUT2D eigenvalue weighted by atomic mass is 16.5. The first-order chi connectivity index (χ1) is 6.04. The van der Waals surface area contributed by atoms with Crippen molar-refractivity contribution in [1.29, 1.82) is 0 Å². The topological polar surface area (TPSA) is 21.3 Å². The van der Waals surface area contributed by atoms with E-state index in [2.05, 4.69) is 32.7 Å². The quantitative estimate of drug-likeness (QED) is 0.614. The zero-order chi connectivity index (χ0) is 10.3. The number of ether oxygens (including phenoxy) is 1. The summed E-state index contributed by atoms with van der Waals surface area (Å²) in [7, 11) is 1.96. The van der Waals surface area contributed by atoms with Gasteiger partial charge in [-0.3, -0.25) is 0 Å². The maximum absolute atomic E-state index is 5.51. The van der Waals surface area contributed by atoms with Crippen LogP contribution in [0.3, 0.4) is 0 Å². The molecule has 2 heteroatoms. The summed E-state index contributed by atoms with van der Waals surface area (Å²) in [6, 6.07) is 0. The average molecular weight is 185 g/mol. The van der Waals surface area contributed by atoms with E-state index in [0.717, 1.165) is 19.6 Å². The fourth-order valence-electron chi connectivity index (χ4n) is 1.19. The molecule has 0 aliphatic carbocycles. The van der Waals surface area contributed by atoms with Crippen LogP contribution in [0.5, 0.6) is 0 Å². The van der Waals surface area contributed by atoms with Crippen molar-refractivity contribution in [2.45, 2.75) is 33.3 Å². The minimum atomic E-state index is 0.156. The van der Waals surface area contributed by atoms with Gasteiger partial charge in [-0.2, -0.15) is 0 Å². The third-order valence-electron chi connectivity index (χ3n) is 2.20. The molecule has 0 aliphatic rings. The van der Waals surface area contributed by atoms with Crippen molar-refractivity contribution >= 4 is 0 Å². The molecule has 13 heavy (non-hydrogen) atoms. The number of rotatable bonds is 7. The molecule has 0 radical (unpaired) electrons. The van der Waals surface area contributed by atoms with Crippen LogP contribution in [0.2, 0.25) is 0 Å². The molecule has 0 spiro atoms. The van der Waals surface area contributed by atoms with Crippen LogP contribution in [-0.4, -0.2) is 26.3 Å². The van der Waals surface area contributed by atoms with Crippen molar-refractivity contribution in [2.24, 2.45) is 5.41 Å². The molecule has 0 bridgehead atoms. The Hall–Kier alpha value is -0.340. The molecule has 0 heterocycles. The highest BCUT2D eigenvalue weighted by Gasteiger charge is 2.18. The Balaban J connectivity index is 3.76. The SMILES string of the molecule is C=CC(C)(CCOC(C)C)CNC. The van der Waals surface area contributed by atoms with E-state index >= 15 is 0 Å². The molecular weight excluding hydrogens is 162 g/mol. The van der Waals surface area contributed by atoms with E-state index in [9.17, 15) is 0 Å². The van der Waals surface area contributed by atoms with E-state index in [1.807, 2.05) is 13.1 Å². The van der Waals surface area contributed by atoms with E-state index in [0.29, 0.717) is 6.10 Å². The average Bonchev–Trinajstić information content (AvgIpc) is 2.04. The summed E-state index contributed by atoms with van der Waals surface area (Å²) in [4.78, 5) is 0. The van der Waals surface area contributed by atoms with Gasteiger partial charge in [-0.25, -0.2) is 0 Å². The van der Waals surface area contributed by atoms with Crippen molar-refractivity contribution < 1.29 is 4.74 Å². The molecule has 0 fully saturated rings. The zero-order valence-corrected chi connectivity index (χ0v) is 9.39. The van der Waals surface area contributed by atoms with E-state index in [-0.39, 0.29) is 5.41 Å². The van der Waals surface area contributed by atoms with Crippen LogP contribution in [0.25, 0.3) is 0 Å². The third kappa shape index (κ3) is 5.83. The first-order valence-electron chi connectivity index (χ1n) is 4.94. The molecule has 0 rings (SSSR count). The van der Waals surface area contributed by atoms with Gasteiger partial charge in [0.2, 0.25) is 0 Å². The Morgan fingerprint density at radius 2 is 2.15 bits per heavy atom. The van der Waals surface area contributed by atoms with Crippen LogP contribution in [-0.2, 0) is 4.74 Å². The van der Waals surface area contributed by atoms with Crippen LogP contribution >= 0.6 is 0 Å². The van der Waals surface area contributed by atoms with Crippen molar-refractivity contribution in [3.63, 3.8) is 0 Å². The predicted molar refractivity (Wildman–Crippen MR) is 57.9 cm³/mol. The molecule has 78 valence electrons. The lowest BCUT2D eigenvalue weighted by Gasteiger charge is -2.25. The monoisotopic (exact) mass is 185 g/mol. The van der Waals surface area contributed by atoms with E-state index in [1.165, 1.54) is 0 Å². The summed E-state index contributed by atoms with van der Waals surface area (Å²) in [6.45, 7) is 11.9. The lowest BCUT2D eigenvalue weighted by Crippen LogP contribution is -2.29. The minimum absolute atomic E-state index is 0.156. The van der Waals surface area contributed by atoms with Crippen LogP contribution in [0.4, 0.5) is 0 Å². The first kappa shape index (κ1) is 12.7. The molecule has 0 aromatic rings. The second-order valence-corrected chi connectivity index (χ2v) is 4.06. The molecule has 0 amide bonds. The van der Waals surface area contributed by atoms with Gasteiger partial charge in [-0.05, 0) is 32.7 Å². The summed E-state index contributed by atoms with van der Waals surface area (Å²) >= 11 is 0. The van der Waals surface area contributed by atoms with Gasteiger partial charge >= 0.3 is 0 Å². The Labute approximate surface area is 82.4 Å². The van der Waals surface area contributed by atoms with E-state index in [4.69, 9.17) is 4.74 Å². The molecule has 0 aromatic heterocycles. The number of nitrogens with one attached hydrogen (secondary N) is 1. The van der Waals surface area contributed by atoms with Gasteiger partial charge < -0.3 is 10.1 Å². The van der Waals surface area contributed by atoms with Crippen molar-refractivity contribution in [1.82, 2.24) is 5.32 Å². The Morgan fingerprint density at radius 3 is 2.54 bits per heavy atom. The van der Waals surface area contributed by atoms with Gasteiger partial charge in [-0.1, -0.05) is 13.0 Å². The highest BCUT2D eigenvalue weighted by Crippen LogP contribution is 2.21. The fraction of sp³-hybridized carbons (Fsp3) is 0.818. The third-order valence-corrected chi connectivity index (χ3v) is 2.20. The second kappa shape index (κ2) is 6.17. The fourth-order valence-corrected chi connectivity index (χ4v) is 1.19. The van der Waals surface area contributed by atoms with Crippen molar-refractivity contribution in [3.8, 4) is 0 Å².